The average molecular weight is 1740 g/mol. The van der Waals surface area contributed by atoms with Crippen LogP contribution in [0.4, 0.5) is 0 Å². The predicted octanol–water partition coefficient (Wildman–Crippen LogP) is -0.837. The number of H-pyrrole nitrogens is 2. The maximum absolute atomic E-state index is 15.4. The first kappa shape index (κ1) is 101. The molecule has 2 fully saturated rings. The van der Waals surface area contributed by atoms with E-state index >= 15 is 14.4 Å². The van der Waals surface area contributed by atoms with Crippen LogP contribution in [0.2, 0.25) is 0 Å². The average Bonchev–Trinajstić information content (AvgIpc) is 1.65. The molecule has 2 aliphatic rings. The van der Waals surface area contributed by atoms with Crippen molar-refractivity contribution in [1.29, 1.82) is 0 Å². The zero-order valence-electron chi connectivity index (χ0n) is 71.7. The van der Waals surface area contributed by atoms with E-state index in [1.807, 2.05) is 12.1 Å². The molecule has 684 valence electrons. The summed E-state index contributed by atoms with van der Waals surface area (Å²) >= 11 is 0. The molecule has 4 heterocycles. The van der Waals surface area contributed by atoms with Crippen LogP contribution in [-0.4, -0.2) is 241 Å². The predicted molar refractivity (Wildman–Crippen MR) is 460 cm³/mol. The largest absolute Gasteiger partial charge is 0.391 e. The quantitative estimate of drug-likeness (QED) is 0.0146. The number of aliphatic imine (C=N–C) groups is 1. The van der Waals surface area contributed by atoms with E-state index in [4.69, 9.17) is 22.9 Å². The van der Waals surface area contributed by atoms with Gasteiger partial charge >= 0.3 is 0 Å². The van der Waals surface area contributed by atoms with Gasteiger partial charge in [-0.3, -0.25) is 76.9 Å². The highest BCUT2D eigenvalue weighted by Gasteiger charge is 2.44. The van der Waals surface area contributed by atoms with Gasteiger partial charge in [0.2, 0.25) is 88.6 Å². The molecule has 14 atom stereocenters. The van der Waals surface area contributed by atoms with E-state index in [0.717, 1.165) is 48.4 Å². The molecule has 15 amide bonds. The van der Waals surface area contributed by atoms with Gasteiger partial charge < -0.3 is 117 Å². The Morgan fingerprint density at radius 3 is 1.80 bits per heavy atom. The lowest BCUT2D eigenvalue weighted by Crippen LogP contribution is -2.62. The summed E-state index contributed by atoms with van der Waals surface area (Å²) in [5, 5.41) is 65.3. The minimum Gasteiger partial charge on any atom is -0.391 e. The number of hydrogen-bond acceptors (Lipinski definition) is 20. The number of aromatic nitrogens is 3. The zero-order chi connectivity index (χ0) is 90.6. The highest BCUT2D eigenvalue weighted by Crippen LogP contribution is 2.24. The molecule has 2 aromatic carbocycles. The maximum Gasteiger partial charge on any atom is 0.245 e. The van der Waals surface area contributed by atoms with E-state index < -0.39 is 225 Å². The number of hydrogen-bond donors (Lipinski definition) is 21. The van der Waals surface area contributed by atoms with Gasteiger partial charge in [-0.05, 0) is 88.8 Å². The highest BCUT2D eigenvalue weighted by molar-refractivity contribution is 6.01. The lowest BCUT2D eigenvalue weighted by atomic mass is 10.0. The minimum absolute atomic E-state index is 0.00932. The molecule has 2 saturated heterocycles. The van der Waals surface area contributed by atoms with Crippen molar-refractivity contribution in [3.05, 3.63) is 90.1 Å². The SMILES string of the molecule is CCCCCCCCCCCCCCCC(=O)NCC(=O)N[C@H](C(=O)N[C@H](CCC(N)=O)C(=O)N[C@@H](Cc1cnc[nH]1)C(=O)N[C@H](C(=O)N[C@@H](CCCC)C(=O)N[C@H]1CCC(=O)NCCCC[C@H](C(N)=O)NC(=O)[C@H](Cc2c[nH]c3ccccc23)NC(=O)[C@H](CCCN=C(N)N)NC(=O)[C@@H](Cc2ccccc2)NC(=O)[C@@H]2C[C@@H](O)CN2C1=O)[C@@H](C)O)[C@@H](C)O. The van der Waals surface area contributed by atoms with Gasteiger partial charge in [0.15, 0.2) is 5.96 Å². The third-order valence-corrected chi connectivity index (χ3v) is 21.8. The Morgan fingerprint density at radius 1 is 0.589 bits per heavy atom. The standard InChI is InChI=1S/C85H131N21O18/c1-5-7-9-10-11-12-13-14-15-16-17-18-22-35-69(111)94-48-71(113)104-72(51(3)107)82(122)99-62(36-38-68(86)110)77(117)102-66(44-55-47-90-50-95-55)80(120)105-73(52(4)108)83(123)98-60(31-8-6-2)75(115)100-63-37-39-70(112)91-40-26-25-33-59(74(87)114)96-79(119)65(43-54-46-93-58-32-24-23-30-57(54)58)101-76(116)61(34-27-41-92-85(88)89)97-78(118)64(42-53-28-20-19-21-29-53)103-81(121)67-45-56(109)49-106(67)84(63)124/h19-21,23-24,28-30,32,46-47,50-52,56,59-67,72-73,93,107-109H,5-18,22,25-27,31,33-45,48-49H2,1-4H3,(H2,86,110)(H2,87,114)(H,90,95)(H,91,112)(H,94,111)(H,96,119)(H,97,118)(H,98,123)(H,99,122)(H,100,115)(H,101,116)(H,102,117)(H,103,121)(H,104,113)(H,105,120)(H4,88,89,92)/t51-,52-,56-,59-,60+,61+,62-,63+,64-,65+,66+,67+,72+,73+/m1/s1. The number of amides is 15. The number of primary amides is 2. The molecule has 0 aliphatic carbocycles. The Kier molecular flexibility index (Phi) is 44.2. The number of benzene rings is 2. The van der Waals surface area contributed by atoms with Crippen LogP contribution < -0.4 is 86.7 Å². The van der Waals surface area contributed by atoms with Crippen molar-refractivity contribution in [2.24, 2.45) is 27.9 Å². The summed E-state index contributed by atoms with van der Waals surface area (Å²) in [6.07, 6.45) is 11.9. The number of aliphatic hydroxyl groups excluding tert-OH is 3. The summed E-state index contributed by atoms with van der Waals surface area (Å²) in [7, 11) is 0. The molecule has 39 nitrogen and oxygen atoms in total. The Morgan fingerprint density at radius 2 is 1.17 bits per heavy atom. The molecule has 6 rings (SSSR count). The molecular formula is C85H131N21O18. The molecule has 0 spiro atoms. The van der Waals surface area contributed by atoms with Crippen molar-refractivity contribution in [2.45, 2.75) is 305 Å². The maximum atomic E-state index is 15.4. The first-order chi connectivity index (χ1) is 59.3. The Hall–Kier alpha value is -11.6. The fraction of sp³-hybridized carbons (Fsp3) is 0.612. The third-order valence-electron chi connectivity index (χ3n) is 21.8. The normalized spacial score (nSPS) is 20.0. The topological polar surface area (TPSA) is 625 Å². The van der Waals surface area contributed by atoms with Crippen molar-refractivity contribution in [1.82, 2.24) is 83.7 Å². The zero-order valence-corrected chi connectivity index (χ0v) is 71.7. The van der Waals surface area contributed by atoms with Crippen LogP contribution in [0.1, 0.15) is 218 Å². The molecule has 39 heteroatoms. The van der Waals surface area contributed by atoms with Crippen LogP contribution in [0.15, 0.2) is 78.3 Å². The second kappa shape index (κ2) is 54.1. The van der Waals surface area contributed by atoms with E-state index in [0.29, 0.717) is 24.0 Å². The molecule has 25 N–H and O–H groups in total. The van der Waals surface area contributed by atoms with Gasteiger partial charge in [0.25, 0.3) is 0 Å². The molecule has 0 saturated carbocycles. The van der Waals surface area contributed by atoms with Crippen LogP contribution in [-0.2, 0) is 91.2 Å². The van der Waals surface area contributed by atoms with Crippen LogP contribution in [0, 0.1) is 0 Å². The number of carbonyl (C=O) groups excluding carboxylic acids is 15. The number of aliphatic hydroxyl groups is 3. The number of nitrogens with one attached hydrogen (secondary N) is 14. The minimum atomic E-state index is -1.93. The molecular weight excluding hydrogens is 1600 g/mol. The number of unbranched alkanes of at least 4 members (excludes halogenated alkanes) is 13. The van der Waals surface area contributed by atoms with Crippen LogP contribution in [0.3, 0.4) is 0 Å². The Balaban J connectivity index is 1.21. The Labute approximate surface area is 722 Å². The highest BCUT2D eigenvalue weighted by atomic mass is 16.3. The van der Waals surface area contributed by atoms with Gasteiger partial charge in [0.05, 0.1) is 31.2 Å². The van der Waals surface area contributed by atoms with Crippen molar-refractivity contribution in [3.8, 4) is 0 Å². The van der Waals surface area contributed by atoms with Crippen LogP contribution >= 0.6 is 0 Å². The number of imidazole rings is 1. The van der Waals surface area contributed by atoms with Crippen LogP contribution in [0.5, 0.6) is 0 Å². The van der Waals surface area contributed by atoms with Gasteiger partial charge in [-0.1, -0.05) is 152 Å². The van der Waals surface area contributed by atoms with Crippen molar-refractivity contribution >= 4 is 105 Å². The summed E-state index contributed by atoms with van der Waals surface area (Å²) in [4.78, 5) is 228. The molecule has 124 heavy (non-hydrogen) atoms. The van der Waals surface area contributed by atoms with Crippen LogP contribution in [0.25, 0.3) is 10.9 Å². The Bertz CT molecular complexity index is 4160. The van der Waals surface area contributed by atoms with Gasteiger partial charge in [-0.2, -0.15) is 0 Å². The molecule has 4 aromatic rings. The second-order valence-corrected chi connectivity index (χ2v) is 32.1. The number of carbonyl (C=O) groups is 15. The van der Waals surface area contributed by atoms with Crippen molar-refractivity contribution in [2.75, 3.05) is 26.2 Å². The van der Waals surface area contributed by atoms with Gasteiger partial charge in [-0.15, -0.1) is 0 Å². The fourth-order valence-corrected chi connectivity index (χ4v) is 14.7. The molecule has 0 radical (unpaired) electrons. The number of para-hydroxylation sites is 1. The summed E-state index contributed by atoms with van der Waals surface area (Å²) in [5.41, 5.74) is 24.7. The van der Waals surface area contributed by atoms with E-state index in [2.05, 4.69) is 90.7 Å². The molecule has 0 unspecified atom stereocenters. The van der Waals surface area contributed by atoms with Gasteiger partial charge in [-0.25, -0.2) is 4.98 Å². The lowest BCUT2D eigenvalue weighted by molar-refractivity contribution is -0.143. The van der Waals surface area contributed by atoms with E-state index in [-0.39, 0.29) is 89.0 Å². The number of nitrogens with two attached hydrogens (primary N) is 4. The molecule has 0 bridgehead atoms. The first-order valence-corrected chi connectivity index (χ1v) is 43.5. The van der Waals surface area contributed by atoms with E-state index in [1.165, 1.54) is 70.8 Å². The van der Waals surface area contributed by atoms with E-state index in [1.54, 1.807) is 55.6 Å². The number of aromatic amines is 2. The number of rotatable bonds is 46. The number of fused-ring (bicyclic) bond motifs is 2. The summed E-state index contributed by atoms with van der Waals surface area (Å²) < 4.78 is 0. The molecule has 2 aliphatic heterocycles. The van der Waals surface area contributed by atoms with Crippen molar-refractivity contribution in [3.63, 3.8) is 0 Å². The fourth-order valence-electron chi connectivity index (χ4n) is 14.7. The monoisotopic (exact) mass is 1730 g/mol. The number of guanidine groups is 1. The smallest absolute Gasteiger partial charge is 0.245 e. The summed E-state index contributed by atoms with van der Waals surface area (Å²) in [6.45, 7) is 5.19. The summed E-state index contributed by atoms with van der Waals surface area (Å²) in [5.74, 6) is -14.1. The molecule has 2 aromatic heterocycles. The van der Waals surface area contributed by atoms with Gasteiger partial charge in [0, 0.05) is 93.6 Å². The first-order valence-electron chi connectivity index (χ1n) is 43.5. The lowest BCUT2D eigenvalue weighted by Gasteiger charge is -2.31. The number of nitrogens with zero attached hydrogens (tertiary/aromatic N) is 3. The van der Waals surface area contributed by atoms with Gasteiger partial charge in [0.1, 0.15) is 66.5 Å². The van der Waals surface area contributed by atoms with E-state index in [9.17, 15) is 72.9 Å². The van der Waals surface area contributed by atoms with Crippen molar-refractivity contribution < 1.29 is 87.2 Å². The summed E-state index contributed by atoms with van der Waals surface area (Å²) in [6, 6.07) is -1.98. The third kappa shape index (κ3) is 35.7. The second-order valence-electron chi connectivity index (χ2n) is 32.1.